The first-order valence-corrected chi connectivity index (χ1v) is 9.14. The van der Waals surface area contributed by atoms with E-state index in [4.69, 9.17) is 0 Å². The van der Waals surface area contributed by atoms with E-state index in [2.05, 4.69) is 54.8 Å². The minimum absolute atomic E-state index is 0.178. The first kappa shape index (κ1) is 18.1. The summed E-state index contributed by atoms with van der Waals surface area (Å²) in [6.07, 6.45) is 0. The summed E-state index contributed by atoms with van der Waals surface area (Å²) in [5, 5.41) is 1.31. The number of aryl methyl sites for hydroxylation is 3. The maximum atomic E-state index is 10.4. The van der Waals surface area contributed by atoms with Gasteiger partial charge in [-0.25, -0.2) is 8.42 Å². The van der Waals surface area contributed by atoms with Gasteiger partial charge in [-0.15, -0.1) is 0 Å². The van der Waals surface area contributed by atoms with Crippen LogP contribution in [0.15, 0.2) is 65.6 Å². The molecule has 0 bridgehead atoms. The van der Waals surface area contributed by atoms with Crippen molar-refractivity contribution in [3.05, 3.63) is 71.9 Å². The second-order valence-corrected chi connectivity index (χ2v) is 6.92. The van der Waals surface area contributed by atoms with Crippen molar-refractivity contribution < 1.29 is 17.5 Å². The van der Waals surface area contributed by atoms with Crippen LogP contribution in [-0.4, -0.2) is 13.0 Å². The Balaban J connectivity index is 0.000000177. The number of hydrogen-bond acceptors (Lipinski definition) is 3. The summed E-state index contributed by atoms with van der Waals surface area (Å²) in [5.41, 5.74) is 3.57. The third-order valence-electron chi connectivity index (χ3n) is 3.78. The van der Waals surface area contributed by atoms with Crippen LogP contribution in [0, 0.1) is 13.8 Å². The number of aromatic nitrogens is 1. The van der Waals surface area contributed by atoms with E-state index in [1.165, 1.54) is 28.7 Å². The molecule has 0 unspecified atom stereocenters. The minimum Gasteiger partial charge on any atom is -0.744 e. The average molecular weight is 343 g/mol. The van der Waals surface area contributed by atoms with Crippen LogP contribution in [-0.2, 0) is 16.7 Å². The summed E-state index contributed by atoms with van der Waals surface area (Å²) < 4.78 is 33.5. The van der Waals surface area contributed by atoms with E-state index in [-0.39, 0.29) is 4.90 Å². The van der Waals surface area contributed by atoms with Crippen LogP contribution in [0.5, 0.6) is 0 Å². The van der Waals surface area contributed by atoms with Crippen molar-refractivity contribution in [1.82, 2.24) is 0 Å². The van der Waals surface area contributed by atoms with E-state index in [1.54, 1.807) is 12.1 Å². The number of nitrogens with zero attached hydrogens (tertiary/aromatic N) is 1. The molecule has 0 saturated heterocycles. The van der Waals surface area contributed by atoms with Crippen molar-refractivity contribution in [3.8, 4) is 0 Å². The molecular formula is C19H21NO3S. The highest BCUT2D eigenvalue weighted by atomic mass is 32.2. The molecule has 0 aliphatic heterocycles. The molecule has 0 aliphatic rings. The summed E-state index contributed by atoms with van der Waals surface area (Å²) in [6.45, 7) is 7.18. The molecule has 2 aromatic carbocycles. The molecule has 126 valence electrons. The van der Waals surface area contributed by atoms with Crippen LogP contribution >= 0.6 is 0 Å². The molecule has 0 N–H and O–H groups in total. The zero-order valence-electron chi connectivity index (χ0n) is 14.1. The molecule has 1 heterocycles. The predicted octanol–water partition coefficient (Wildman–Crippen LogP) is 3.35. The molecule has 3 aromatic rings. The Morgan fingerprint density at radius 2 is 1.54 bits per heavy atom. The quantitative estimate of drug-likeness (QED) is 0.529. The van der Waals surface area contributed by atoms with Crippen molar-refractivity contribution >= 4 is 21.0 Å². The molecule has 0 atom stereocenters. The Morgan fingerprint density at radius 3 is 2.12 bits per heavy atom. The second kappa shape index (κ2) is 7.55. The van der Waals surface area contributed by atoms with Crippen molar-refractivity contribution in [3.63, 3.8) is 0 Å². The molecule has 0 amide bonds. The van der Waals surface area contributed by atoms with Crippen molar-refractivity contribution in [2.24, 2.45) is 0 Å². The van der Waals surface area contributed by atoms with E-state index in [9.17, 15) is 13.0 Å². The summed E-state index contributed by atoms with van der Waals surface area (Å²) in [5.74, 6) is 0. The molecule has 0 aliphatic carbocycles. The lowest BCUT2D eigenvalue weighted by Crippen LogP contribution is -2.36. The highest BCUT2D eigenvalue weighted by molar-refractivity contribution is 7.85. The normalized spacial score (nSPS) is 11.0. The molecule has 0 saturated carbocycles. The first-order valence-electron chi connectivity index (χ1n) is 7.73. The Morgan fingerprint density at radius 1 is 0.917 bits per heavy atom. The van der Waals surface area contributed by atoms with Crippen LogP contribution in [0.4, 0.5) is 0 Å². The highest BCUT2D eigenvalue weighted by Gasteiger charge is 2.08. The number of para-hydroxylation sites is 1. The maximum absolute atomic E-state index is 10.4. The predicted molar refractivity (Wildman–Crippen MR) is 93.7 cm³/mol. The van der Waals surface area contributed by atoms with Crippen LogP contribution in [0.1, 0.15) is 18.2 Å². The van der Waals surface area contributed by atoms with Gasteiger partial charge in [-0.3, -0.25) is 0 Å². The monoisotopic (exact) mass is 343 g/mol. The lowest BCUT2D eigenvalue weighted by molar-refractivity contribution is -0.673. The Kier molecular flexibility index (Phi) is 5.70. The molecule has 4 nitrogen and oxygen atoms in total. The van der Waals surface area contributed by atoms with Gasteiger partial charge in [-0.2, -0.15) is 4.57 Å². The molecule has 0 spiro atoms. The van der Waals surface area contributed by atoms with Crippen molar-refractivity contribution in [2.75, 3.05) is 0 Å². The van der Waals surface area contributed by atoms with Gasteiger partial charge < -0.3 is 4.55 Å². The fraction of sp³-hybridized carbons (Fsp3) is 0.211. The van der Waals surface area contributed by atoms with Crippen LogP contribution < -0.4 is 4.57 Å². The van der Waals surface area contributed by atoms with E-state index >= 15 is 0 Å². The third-order valence-corrected chi connectivity index (χ3v) is 4.63. The fourth-order valence-corrected chi connectivity index (χ4v) is 2.96. The lowest BCUT2D eigenvalue weighted by Gasteiger charge is -2.05. The van der Waals surface area contributed by atoms with Crippen LogP contribution in [0.2, 0.25) is 0 Å². The highest BCUT2D eigenvalue weighted by Crippen LogP contribution is 2.10. The summed E-state index contributed by atoms with van der Waals surface area (Å²) in [4.78, 5) is -0.178. The fourth-order valence-electron chi connectivity index (χ4n) is 2.49. The van der Waals surface area contributed by atoms with Gasteiger partial charge in [0.1, 0.15) is 16.7 Å². The first-order chi connectivity index (χ1) is 11.3. The Hall–Kier alpha value is -2.24. The van der Waals surface area contributed by atoms with Crippen LogP contribution in [0.3, 0.4) is 0 Å². The maximum Gasteiger partial charge on any atom is 0.212 e. The van der Waals surface area contributed by atoms with Gasteiger partial charge >= 0.3 is 0 Å². The Labute approximate surface area is 143 Å². The molecule has 1 aromatic heterocycles. The van der Waals surface area contributed by atoms with E-state index in [0.29, 0.717) is 0 Å². The van der Waals surface area contributed by atoms with Crippen LogP contribution in [0.25, 0.3) is 10.9 Å². The molecule has 5 heteroatoms. The number of fused-ring (bicyclic) bond motifs is 1. The summed E-state index contributed by atoms with van der Waals surface area (Å²) in [7, 11) is -4.27. The van der Waals surface area contributed by atoms with Gasteiger partial charge in [0.25, 0.3) is 0 Å². The van der Waals surface area contributed by atoms with E-state index in [1.807, 2.05) is 6.92 Å². The van der Waals surface area contributed by atoms with Gasteiger partial charge in [-0.1, -0.05) is 29.8 Å². The smallest absolute Gasteiger partial charge is 0.212 e. The zero-order valence-corrected chi connectivity index (χ0v) is 14.9. The average Bonchev–Trinajstić information content (AvgIpc) is 2.55. The van der Waals surface area contributed by atoms with E-state index < -0.39 is 10.1 Å². The number of benzene rings is 2. The standard InChI is InChI=1S/C12H14N.C7H8O3S/c1-3-13-10(2)8-9-11-6-4-5-7-12(11)13;1-6-2-4-7(5-3-6)11(8,9)10/h4-9H,3H2,1-2H3;2-5H,1H3,(H,8,9,10)/q+1;/p-1. The van der Waals surface area contributed by atoms with Gasteiger partial charge in [0.05, 0.1) is 4.90 Å². The molecule has 3 rings (SSSR count). The number of hydrogen-bond donors (Lipinski definition) is 0. The third kappa shape index (κ3) is 4.40. The SMILES string of the molecule is CC[n+]1c(C)ccc2ccccc21.Cc1ccc(S(=O)(=O)[O-])cc1. The van der Waals surface area contributed by atoms with Gasteiger partial charge in [-0.05, 0) is 38.1 Å². The van der Waals surface area contributed by atoms with Crippen molar-refractivity contribution in [1.29, 1.82) is 0 Å². The van der Waals surface area contributed by atoms with Gasteiger partial charge in [0.2, 0.25) is 5.52 Å². The molecule has 24 heavy (non-hydrogen) atoms. The van der Waals surface area contributed by atoms with Gasteiger partial charge in [0.15, 0.2) is 5.69 Å². The topological polar surface area (TPSA) is 61.1 Å². The Bertz CT molecular complexity index is 932. The number of rotatable bonds is 2. The second-order valence-electron chi connectivity index (χ2n) is 5.54. The number of pyridine rings is 1. The van der Waals surface area contributed by atoms with Crippen molar-refractivity contribution in [2.45, 2.75) is 32.2 Å². The van der Waals surface area contributed by atoms with E-state index in [0.717, 1.165) is 12.1 Å². The zero-order chi connectivity index (χ0) is 17.7. The minimum atomic E-state index is -4.27. The van der Waals surface area contributed by atoms with Gasteiger partial charge in [0, 0.05) is 24.4 Å². The molecule has 0 fully saturated rings. The summed E-state index contributed by atoms with van der Waals surface area (Å²) in [6, 6.07) is 18.6. The lowest BCUT2D eigenvalue weighted by atomic mass is 10.2. The largest absolute Gasteiger partial charge is 0.744 e. The molecule has 0 radical (unpaired) electrons. The summed E-state index contributed by atoms with van der Waals surface area (Å²) >= 11 is 0. The molecular weight excluding hydrogens is 322 g/mol.